The van der Waals surface area contributed by atoms with E-state index in [0.717, 1.165) is 18.4 Å². The first-order valence-electron chi connectivity index (χ1n) is 7.97. The fourth-order valence-corrected chi connectivity index (χ4v) is 2.50. The van der Waals surface area contributed by atoms with E-state index in [1.807, 2.05) is 12.1 Å². The predicted molar refractivity (Wildman–Crippen MR) is 90.9 cm³/mol. The molecule has 7 heteroatoms. The third-order valence-electron chi connectivity index (χ3n) is 3.96. The van der Waals surface area contributed by atoms with Gasteiger partial charge in [-0.1, -0.05) is 0 Å². The lowest BCUT2D eigenvalue weighted by molar-refractivity contribution is -0.117. The lowest BCUT2D eigenvalue weighted by atomic mass is 10.1. The second-order valence-corrected chi connectivity index (χ2v) is 5.76. The first kappa shape index (κ1) is 15.3. The molecule has 0 atom stereocenters. The lowest BCUT2D eigenvalue weighted by Crippen LogP contribution is -2.16. The van der Waals surface area contributed by atoms with Crippen LogP contribution in [-0.4, -0.2) is 28.0 Å². The fourth-order valence-electron chi connectivity index (χ4n) is 2.50. The monoisotopic (exact) mass is 336 g/mol. The van der Waals surface area contributed by atoms with Gasteiger partial charge in [0, 0.05) is 23.9 Å². The molecule has 0 unspecified atom stereocenters. The van der Waals surface area contributed by atoms with Crippen LogP contribution in [0.2, 0.25) is 0 Å². The zero-order valence-electron chi connectivity index (χ0n) is 13.6. The van der Waals surface area contributed by atoms with Gasteiger partial charge in [-0.2, -0.15) is 0 Å². The summed E-state index contributed by atoms with van der Waals surface area (Å²) in [6.45, 7) is 0. The van der Waals surface area contributed by atoms with E-state index in [4.69, 9.17) is 9.15 Å². The molecule has 0 saturated heterocycles. The summed E-state index contributed by atoms with van der Waals surface area (Å²) in [5.74, 6) is 1.11. The highest BCUT2D eigenvalue weighted by Crippen LogP contribution is 2.35. The molecule has 1 saturated carbocycles. The quantitative estimate of drug-likeness (QED) is 0.770. The van der Waals surface area contributed by atoms with Gasteiger partial charge < -0.3 is 14.5 Å². The number of amides is 1. The van der Waals surface area contributed by atoms with E-state index in [9.17, 15) is 4.79 Å². The molecule has 1 N–H and O–H groups in total. The van der Waals surface area contributed by atoms with Crippen LogP contribution in [0.15, 0.2) is 47.3 Å². The van der Waals surface area contributed by atoms with Gasteiger partial charge in [0.15, 0.2) is 11.6 Å². The molecule has 1 aliphatic rings. The number of nitrogens with zero attached hydrogens (tertiary/aromatic N) is 3. The highest BCUT2D eigenvalue weighted by Gasteiger charge is 2.31. The number of ether oxygens (including phenoxy) is 1. The summed E-state index contributed by atoms with van der Waals surface area (Å²) in [5.41, 5.74) is 1.95. The Labute approximate surface area is 144 Å². The van der Waals surface area contributed by atoms with Crippen molar-refractivity contribution in [2.75, 3.05) is 12.4 Å². The molecule has 0 aliphatic heterocycles. The topological polar surface area (TPSA) is 90.1 Å². The van der Waals surface area contributed by atoms with Gasteiger partial charge in [0.05, 0.1) is 13.4 Å². The molecular formula is C18H16N4O3. The summed E-state index contributed by atoms with van der Waals surface area (Å²) in [4.78, 5) is 25.3. The van der Waals surface area contributed by atoms with Crippen molar-refractivity contribution in [3.63, 3.8) is 0 Å². The second kappa shape index (κ2) is 6.35. The Morgan fingerprint density at radius 1 is 1.20 bits per heavy atom. The maximum absolute atomic E-state index is 12.1. The number of furan rings is 1. The molecule has 3 heterocycles. The minimum absolute atomic E-state index is 0.0541. The van der Waals surface area contributed by atoms with Crippen LogP contribution >= 0.6 is 0 Å². The van der Waals surface area contributed by atoms with Crippen LogP contribution in [0.5, 0.6) is 5.88 Å². The van der Waals surface area contributed by atoms with Crippen molar-refractivity contribution in [2.45, 2.75) is 12.8 Å². The number of pyridine rings is 1. The zero-order chi connectivity index (χ0) is 17.2. The molecule has 126 valence electrons. The summed E-state index contributed by atoms with van der Waals surface area (Å²) in [7, 11) is 1.50. The van der Waals surface area contributed by atoms with E-state index in [0.29, 0.717) is 23.0 Å². The molecule has 7 nitrogen and oxygen atoms in total. The molecule has 3 aromatic rings. The highest BCUT2D eigenvalue weighted by atomic mass is 16.5. The number of hydrogen-bond donors (Lipinski definition) is 1. The number of carbonyl (C=O) groups is 1. The molecule has 0 spiro atoms. The molecule has 1 amide bonds. The van der Waals surface area contributed by atoms with Crippen LogP contribution in [0.4, 0.5) is 5.82 Å². The van der Waals surface area contributed by atoms with Crippen LogP contribution in [0.25, 0.3) is 22.7 Å². The maximum Gasteiger partial charge on any atom is 0.258 e. The van der Waals surface area contributed by atoms with Crippen molar-refractivity contribution < 1.29 is 13.9 Å². The number of rotatable bonds is 5. The summed E-state index contributed by atoms with van der Waals surface area (Å²) in [6.07, 6.45) is 6.74. The Morgan fingerprint density at radius 3 is 2.64 bits per heavy atom. The Hall–Kier alpha value is -3.22. The number of anilines is 1. The third-order valence-corrected chi connectivity index (χ3v) is 3.96. The summed E-state index contributed by atoms with van der Waals surface area (Å²) < 4.78 is 10.8. The van der Waals surface area contributed by atoms with Gasteiger partial charge in [0.2, 0.25) is 5.91 Å². The van der Waals surface area contributed by atoms with Crippen molar-refractivity contribution in [3.8, 4) is 28.6 Å². The van der Waals surface area contributed by atoms with Gasteiger partial charge in [0.25, 0.3) is 5.88 Å². The van der Waals surface area contributed by atoms with Crippen molar-refractivity contribution in [1.29, 1.82) is 0 Å². The molecule has 0 radical (unpaired) electrons. The maximum atomic E-state index is 12.1. The first-order valence-corrected chi connectivity index (χ1v) is 7.97. The van der Waals surface area contributed by atoms with Gasteiger partial charge in [-0.05, 0) is 37.1 Å². The first-order chi connectivity index (χ1) is 12.3. The average molecular weight is 336 g/mol. The zero-order valence-corrected chi connectivity index (χ0v) is 13.6. The van der Waals surface area contributed by atoms with Crippen molar-refractivity contribution in [3.05, 3.63) is 42.9 Å². The van der Waals surface area contributed by atoms with Crippen LogP contribution in [0.1, 0.15) is 12.8 Å². The largest absolute Gasteiger partial charge is 0.478 e. The van der Waals surface area contributed by atoms with Crippen LogP contribution in [0, 0.1) is 5.92 Å². The van der Waals surface area contributed by atoms with Gasteiger partial charge in [-0.3, -0.25) is 9.78 Å². The summed E-state index contributed by atoms with van der Waals surface area (Å²) in [6, 6.07) is 7.24. The van der Waals surface area contributed by atoms with Gasteiger partial charge in [-0.25, -0.2) is 9.97 Å². The van der Waals surface area contributed by atoms with Gasteiger partial charge in [0.1, 0.15) is 11.4 Å². The molecular weight excluding hydrogens is 320 g/mol. The fraction of sp³-hybridized carbons (Fsp3) is 0.222. The molecule has 25 heavy (non-hydrogen) atoms. The second-order valence-electron chi connectivity index (χ2n) is 5.76. The minimum atomic E-state index is -0.0605. The van der Waals surface area contributed by atoms with E-state index in [2.05, 4.69) is 20.3 Å². The Morgan fingerprint density at radius 2 is 2.00 bits per heavy atom. The van der Waals surface area contributed by atoms with Crippen molar-refractivity contribution >= 4 is 11.7 Å². The molecule has 3 aromatic heterocycles. The number of hydrogen-bond acceptors (Lipinski definition) is 6. The predicted octanol–water partition coefficient (Wildman–Crippen LogP) is 3.16. The Balaban J connectivity index is 1.84. The SMILES string of the molecule is COc1nc(-c2ccncc2)c(-c2ccco2)nc1NC(=O)C1CC1. The van der Waals surface area contributed by atoms with Crippen LogP contribution in [-0.2, 0) is 4.79 Å². The van der Waals surface area contributed by atoms with Crippen molar-refractivity contribution in [2.24, 2.45) is 5.92 Å². The number of aromatic nitrogens is 3. The Kier molecular flexibility index (Phi) is 3.89. The summed E-state index contributed by atoms with van der Waals surface area (Å²) in [5, 5.41) is 2.81. The normalized spacial score (nSPS) is 13.5. The van der Waals surface area contributed by atoms with E-state index in [-0.39, 0.29) is 17.7 Å². The van der Waals surface area contributed by atoms with E-state index >= 15 is 0 Å². The van der Waals surface area contributed by atoms with Gasteiger partial charge >= 0.3 is 0 Å². The average Bonchev–Trinajstić information content (AvgIpc) is 3.37. The lowest BCUT2D eigenvalue weighted by Gasteiger charge is -2.13. The summed E-state index contributed by atoms with van der Waals surface area (Å²) >= 11 is 0. The molecule has 0 aromatic carbocycles. The van der Waals surface area contributed by atoms with Crippen molar-refractivity contribution in [1.82, 2.24) is 15.0 Å². The molecule has 1 fully saturated rings. The van der Waals surface area contributed by atoms with Crippen LogP contribution in [0.3, 0.4) is 0 Å². The van der Waals surface area contributed by atoms with E-state index in [1.54, 1.807) is 30.8 Å². The highest BCUT2D eigenvalue weighted by molar-refractivity contribution is 5.94. The molecule has 4 rings (SSSR count). The number of carbonyl (C=O) groups excluding carboxylic acids is 1. The van der Waals surface area contributed by atoms with E-state index < -0.39 is 0 Å². The van der Waals surface area contributed by atoms with E-state index in [1.165, 1.54) is 7.11 Å². The smallest absolute Gasteiger partial charge is 0.258 e. The number of nitrogens with one attached hydrogen (secondary N) is 1. The Bertz CT molecular complexity index is 890. The third kappa shape index (κ3) is 3.08. The standard InChI is InChI=1S/C18H16N4O3/c1-24-18-16(22-17(23)12-4-5-12)20-15(13-3-2-10-25-13)14(21-18)11-6-8-19-9-7-11/h2-3,6-10,12H,4-5H2,1H3,(H,20,22,23). The van der Waals surface area contributed by atoms with Gasteiger partial charge in [-0.15, -0.1) is 0 Å². The van der Waals surface area contributed by atoms with Crippen LogP contribution < -0.4 is 10.1 Å². The number of methoxy groups -OCH3 is 1. The minimum Gasteiger partial charge on any atom is -0.478 e. The molecule has 0 bridgehead atoms. The molecule has 1 aliphatic carbocycles.